The molecule has 8 nitrogen and oxygen atoms in total. The molecular weight excluding hydrogens is 406 g/mol. The fourth-order valence-corrected chi connectivity index (χ4v) is 4.33. The number of aromatic nitrogens is 3. The van der Waals surface area contributed by atoms with Crippen LogP contribution < -0.4 is 10.1 Å². The van der Waals surface area contributed by atoms with Gasteiger partial charge in [-0.15, -0.1) is 0 Å². The van der Waals surface area contributed by atoms with Crippen LogP contribution in [0.2, 0.25) is 0 Å². The van der Waals surface area contributed by atoms with Crippen molar-refractivity contribution in [2.45, 2.75) is 25.8 Å². The molecule has 0 bridgehead atoms. The maximum absolute atomic E-state index is 11.7. The molecule has 1 atom stereocenters. The second kappa shape index (κ2) is 8.37. The van der Waals surface area contributed by atoms with E-state index in [0.717, 1.165) is 64.6 Å². The number of H-pyrrole nitrogens is 1. The number of likely N-dealkylation sites (tertiary alicyclic amines) is 1. The number of fused-ring (bicyclic) bond motifs is 1. The lowest BCUT2D eigenvalue weighted by molar-refractivity contribution is -0.127. The molecule has 164 valence electrons. The summed E-state index contributed by atoms with van der Waals surface area (Å²) >= 11 is 0. The number of pyridine rings is 1. The van der Waals surface area contributed by atoms with E-state index in [2.05, 4.69) is 20.5 Å². The number of hydrogen-bond acceptors (Lipinski definition) is 6. The molecule has 5 rings (SSSR count). The van der Waals surface area contributed by atoms with Gasteiger partial charge in [0, 0.05) is 48.8 Å². The Morgan fingerprint density at radius 2 is 2.25 bits per heavy atom. The molecule has 1 aromatic carbocycles. The number of ether oxygens (including phenoxy) is 1. The number of carbonyl (C=O) groups is 1. The van der Waals surface area contributed by atoms with Crippen molar-refractivity contribution in [3.05, 3.63) is 60.2 Å². The standard InChI is InChI=1S/C24H25N5O3/c1-15(30)29-9-7-18(14-29)23-20(13-27-28-23)16-6-8-25-22(11-16)26-12-19-10-17-4-3-5-21(31-2)24(17)32-19/h3-6,8,10-11,13,18H,7,9,12,14H2,1-2H3,(H,25,26)(H,27,28)/t18-/m1/s1. The first kappa shape index (κ1) is 20.1. The lowest BCUT2D eigenvalue weighted by Crippen LogP contribution is -2.25. The van der Waals surface area contributed by atoms with Crippen LogP contribution in [0, 0.1) is 0 Å². The number of para-hydroxylation sites is 1. The normalized spacial score (nSPS) is 15.9. The second-order valence-electron chi connectivity index (χ2n) is 8.02. The monoisotopic (exact) mass is 431 g/mol. The van der Waals surface area contributed by atoms with Crippen molar-refractivity contribution >= 4 is 22.7 Å². The first-order valence-corrected chi connectivity index (χ1v) is 10.7. The molecule has 8 heteroatoms. The van der Waals surface area contributed by atoms with Crippen molar-refractivity contribution in [1.82, 2.24) is 20.1 Å². The smallest absolute Gasteiger partial charge is 0.219 e. The van der Waals surface area contributed by atoms with Gasteiger partial charge in [0.25, 0.3) is 0 Å². The third-order valence-corrected chi connectivity index (χ3v) is 6.00. The molecule has 1 saturated heterocycles. The highest BCUT2D eigenvalue weighted by atomic mass is 16.5. The molecule has 0 spiro atoms. The minimum absolute atomic E-state index is 0.118. The Kier molecular flexibility index (Phi) is 5.26. The van der Waals surface area contributed by atoms with E-state index in [1.807, 2.05) is 47.5 Å². The third-order valence-electron chi connectivity index (χ3n) is 6.00. The van der Waals surface area contributed by atoms with E-state index in [0.29, 0.717) is 6.54 Å². The highest BCUT2D eigenvalue weighted by molar-refractivity contribution is 5.83. The van der Waals surface area contributed by atoms with Crippen LogP contribution in [0.3, 0.4) is 0 Å². The average molecular weight is 431 g/mol. The van der Waals surface area contributed by atoms with E-state index in [9.17, 15) is 4.79 Å². The summed E-state index contributed by atoms with van der Waals surface area (Å²) in [6.07, 6.45) is 4.56. The van der Waals surface area contributed by atoms with Gasteiger partial charge < -0.3 is 19.4 Å². The summed E-state index contributed by atoms with van der Waals surface area (Å²) in [7, 11) is 1.64. The molecule has 1 amide bonds. The lowest BCUT2D eigenvalue weighted by atomic mass is 9.97. The molecule has 1 fully saturated rings. The molecule has 4 heterocycles. The molecule has 0 unspecified atom stereocenters. The van der Waals surface area contributed by atoms with Crippen molar-refractivity contribution < 1.29 is 13.9 Å². The topological polar surface area (TPSA) is 96.3 Å². The summed E-state index contributed by atoms with van der Waals surface area (Å²) in [5, 5.41) is 11.8. The zero-order valence-electron chi connectivity index (χ0n) is 18.1. The van der Waals surface area contributed by atoms with Gasteiger partial charge in [-0.05, 0) is 36.2 Å². The van der Waals surface area contributed by atoms with Gasteiger partial charge in [0.15, 0.2) is 11.3 Å². The summed E-state index contributed by atoms with van der Waals surface area (Å²) in [5.74, 6) is 2.64. The lowest BCUT2D eigenvalue weighted by Gasteiger charge is -2.14. The number of anilines is 1. The van der Waals surface area contributed by atoms with E-state index in [4.69, 9.17) is 9.15 Å². The van der Waals surface area contributed by atoms with Crippen molar-refractivity contribution in [1.29, 1.82) is 0 Å². The van der Waals surface area contributed by atoms with Crippen LogP contribution in [0.1, 0.15) is 30.7 Å². The van der Waals surface area contributed by atoms with Gasteiger partial charge in [0.2, 0.25) is 5.91 Å². The third kappa shape index (κ3) is 3.79. The molecule has 4 aromatic rings. The number of amides is 1. The first-order valence-electron chi connectivity index (χ1n) is 10.7. The molecule has 0 saturated carbocycles. The van der Waals surface area contributed by atoms with E-state index >= 15 is 0 Å². The Labute approximate surface area is 185 Å². The molecule has 1 aliphatic heterocycles. The van der Waals surface area contributed by atoms with Crippen LogP contribution in [0.15, 0.2) is 53.2 Å². The van der Waals surface area contributed by atoms with Crippen LogP contribution in [0.5, 0.6) is 5.75 Å². The summed E-state index contributed by atoms with van der Waals surface area (Å²) in [6.45, 7) is 3.62. The van der Waals surface area contributed by atoms with Gasteiger partial charge in [-0.25, -0.2) is 4.98 Å². The minimum Gasteiger partial charge on any atom is -0.493 e. The molecule has 1 aliphatic rings. The minimum atomic E-state index is 0.118. The van der Waals surface area contributed by atoms with Crippen molar-refractivity contribution in [2.24, 2.45) is 0 Å². The number of benzene rings is 1. The van der Waals surface area contributed by atoms with Crippen LogP contribution in [0.25, 0.3) is 22.1 Å². The molecule has 32 heavy (non-hydrogen) atoms. The van der Waals surface area contributed by atoms with Crippen molar-refractivity contribution in [3.63, 3.8) is 0 Å². The average Bonchev–Trinajstić information content (AvgIpc) is 3.56. The predicted molar refractivity (Wildman–Crippen MR) is 122 cm³/mol. The number of aromatic amines is 1. The largest absolute Gasteiger partial charge is 0.493 e. The number of hydrogen-bond donors (Lipinski definition) is 2. The Bertz CT molecular complexity index is 1260. The first-order chi connectivity index (χ1) is 15.6. The summed E-state index contributed by atoms with van der Waals surface area (Å²) in [6, 6.07) is 11.8. The zero-order valence-corrected chi connectivity index (χ0v) is 18.1. The Balaban J connectivity index is 1.33. The van der Waals surface area contributed by atoms with Crippen LogP contribution >= 0.6 is 0 Å². The number of carbonyl (C=O) groups excluding carboxylic acids is 1. The van der Waals surface area contributed by atoms with Crippen LogP contribution in [-0.2, 0) is 11.3 Å². The molecule has 0 aliphatic carbocycles. The van der Waals surface area contributed by atoms with Crippen molar-refractivity contribution in [2.75, 3.05) is 25.5 Å². The van der Waals surface area contributed by atoms with Gasteiger partial charge in [-0.3, -0.25) is 9.89 Å². The summed E-state index contributed by atoms with van der Waals surface area (Å²) in [4.78, 5) is 18.1. The highest BCUT2D eigenvalue weighted by Crippen LogP contribution is 2.34. The fourth-order valence-electron chi connectivity index (χ4n) is 4.33. The van der Waals surface area contributed by atoms with Crippen molar-refractivity contribution in [3.8, 4) is 16.9 Å². The van der Waals surface area contributed by atoms with E-state index in [-0.39, 0.29) is 11.8 Å². The van der Waals surface area contributed by atoms with Crippen LogP contribution in [-0.4, -0.2) is 46.2 Å². The van der Waals surface area contributed by atoms with Gasteiger partial charge in [-0.2, -0.15) is 5.10 Å². The van der Waals surface area contributed by atoms with Gasteiger partial charge in [-0.1, -0.05) is 12.1 Å². The molecule has 2 N–H and O–H groups in total. The summed E-state index contributed by atoms with van der Waals surface area (Å²) in [5.41, 5.74) is 3.88. The number of rotatable bonds is 6. The Morgan fingerprint density at radius 1 is 1.34 bits per heavy atom. The SMILES string of the molecule is COc1cccc2cc(CNc3cc(-c4cn[nH]c4[C@@H]4CCN(C(C)=O)C4)ccn3)oc12. The Morgan fingerprint density at radius 3 is 3.06 bits per heavy atom. The van der Waals surface area contributed by atoms with Crippen LogP contribution in [0.4, 0.5) is 5.82 Å². The number of nitrogens with one attached hydrogen (secondary N) is 2. The van der Waals surface area contributed by atoms with Gasteiger partial charge >= 0.3 is 0 Å². The summed E-state index contributed by atoms with van der Waals surface area (Å²) < 4.78 is 11.3. The molecule has 0 radical (unpaired) electrons. The molecular formula is C24H25N5O3. The fraction of sp³-hybridized carbons (Fsp3) is 0.292. The number of nitrogens with zero attached hydrogens (tertiary/aromatic N) is 3. The number of furan rings is 1. The van der Waals surface area contributed by atoms with Gasteiger partial charge in [0.1, 0.15) is 11.6 Å². The highest BCUT2D eigenvalue weighted by Gasteiger charge is 2.28. The maximum Gasteiger partial charge on any atom is 0.219 e. The predicted octanol–water partition coefficient (Wildman–Crippen LogP) is 4.17. The zero-order chi connectivity index (χ0) is 22.1. The van der Waals surface area contributed by atoms with Gasteiger partial charge in [0.05, 0.1) is 19.9 Å². The maximum atomic E-state index is 11.7. The van der Waals surface area contributed by atoms with E-state index in [1.54, 1.807) is 20.2 Å². The van der Waals surface area contributed by atoms with E-state index in [1.165, 1.54) is 0 Å². The second-order valence-corrected chi connectivity index (χ2v) is 8.02. The quantitative estimate of drug-likeness (QED) is 0.476. The Hall–Kier alpha value is -3.81. The molecule has 3 aromatic heterocycles. The van der Waals surface area contributed by atoms with E-state index < -0.39 is 0 Å². The number of methoxy groups -OCH3 is 1.